The fraction of sp³-hybridized carbons (Fsp3) is 0.500. The van der Waals surface area contributed by atoms with Gasteiger partial charge in [0.1, 0.15) is 0 Å². The van der Waals surface area contributed by atoms with Crippen LogP contribution in [0.1, 0.15) is 35.2 Å². The zero-order chi connectivity index (χ0) is 14.7. The monoisotopic (exact) mass is 340 g/mol. The number of amides is 1. The van der Waals surface area contributed by atoms with Crippen LogP contribution >= 0.6 is 15.9 Å². The molecule has 0 spiro atoms. The first-order chi connectivity index (χ1) is 9.47. The maximum absolute atomic E-state index is 12.1. The second kappa shape index (κ2) is 6.35. The summed E-state index contributed by atoms with van der Waals surface area (Å²) in [5, 5.41) is 13.6. The third-order valence-electron chi connectivity index (χ3n) is 3.71. The minimum absolute atomic E-state index is 0.0536. The van der Waals surface area contributed by atoms with E-state index in [1.54, 1.807) is 13.0 Å². The number of halogens is 1. The van der Waals surface area contributed by atoms with Crippen LogP contribution < -0.4 is 5.32 Å². The van der Waals surface area contributed by atoms with Crippen LogP contribution in [0.3, 0.4) is 0 Å². The molecule has 1 saturated carbocycles. The molecule has 1 fully saturated rings. The van der Waals surface area contributed by atoms with Gasteiger partial charge in [0.2, 0.25) is 0 Å². The summed E-state index contributed by atoms with van der Waals surface area (Å²) in [6.45, 7) is 2.41. The van der Waals surface area contributed by atoms with E-state index in [0.717, 1.165) is 24.8 Å². The van der Waals surface area contributed by atoms with E-state index in [0.29, 0.717) is 22.9 Å². The van der Waals surface area contributed by atoms with Crippen molar-refractivity contribution in [3.63, 3.8) is 0 Å². The molecule has 0 bridgehead atoms. The van der Waals surface area contributed by atoms with Gasteiger partial charge in [-0.05, 0) is 37.7 Å². The smallest absolute Gasteiger partial charge is 0.270 e. The summed E-state index contributed by atoms with van der Waals surface area (Å²) in [5.74, 6) is 0.256. The first-order valence-corrected chi connectivity index (χ1v) is 7.56. The molecule has 5 nitrogen and oxygen atoms in total. The molecule has 1 aliphatic carbocycles. The number of nitro groups is 1. The molecule has 0 radical (unpaired) electrons. The molecular weight excluding hydrogens is 324 g/mol. The fourth-order valence-electron chi connectivity index (χ4n) is 2.50. The number of nitro benzene ring substituents is 1. The van der Waals surface area contributed by atoms with Gasteiger partial charge in [0.05, 0.1) is 4.92 Å². The van der Waals surface area contributed by atoms with Gasteiger partial charge in [-0.3, -0.25) is 14.9 Å². The number of rotatable bonds is 4. The lowest BCUT2D eigenvalue weighted by atomic mass is 10.1. The molecule has 2 atom stereocenters. The molecule has 20 heavy (non-hydrogen) atoms. The Kier molecular flexibility index (Phi) is 4.75. The van der Waals surface area contributed by atoms with Crippen molar-refractivity contribution < 1.29 is 9.72 Å². The lowest BCUT2D eigenvalue weighted by molar-refractivity contribution is -0.384. The van der Waals surface area contributed by atoms with Gasteiger partial charge in [0, 0.05) is 29.1 Å². The van der Waals surface area contributed by atoms with E-state index in [4.69, 9.17) is 0 Å². The van der Waals surface area contributed by atoms with E-state index in [9.17, 15) is 14.9 Å². The number of aryl methyl sites for hydroxylation is 1. The van der Waals surface area contributed by atoms with Crippen LogP contribution in [0.25, 0.3) is 0 Å². The third-order valence-corrected chi connectivity index (χ3v) is 4.54. The van der Waals surface area contributed by atoms with E-state index in [1.807, 2.05) is 0 Å². The number of alkyl halides is 1. The number of carbonyl (C=O) groups is 1. The van der Waals surface area contributed by atoms with Crippen LogP contribution in [-0.4, -0.2) is 22.2 Å². The maximum Gasteiger partial charge on any atom is 0.270 e. The van der Waals surface area contributed by atoms with Crippen molar-refractivity contribution in [1.29, 1.82) is 0 Å². The Balaban J connectivity index is 2.01. The molecule has 2 rings (SSSR count). The Morgan fingerprint density at radius 1 is 1.50 bits per heavy atom. The Morgan fingerprint density at radius 2 is 2.25 bits per heavy atom. The molecule has 0 aromatic heterocycles. The minimum atomic E-state index is -0.484. The summed E-state index contributed by atoms with van der Waals surface area (Å²) in [4.78, 5) is 23.0. The summed E-state index contributed by atoms with van der Waals surface area (Å²) in [7, 11) is 0. The van der Waals surface area contributed by atoms with E-state index in [-0.39, 0.29) is 11.6 Å². The molecule has 6 heteroatoms. The molecular formula is C14H17BrN2O3. The molecule has 0 saturated heterocycles. The van der Waals surface area contributed by atoms with E-state index >= 15 is 0 Å². The number of non-ortho nitro benzene ring substituents is 1. The molecule has 108 valence electrons. The Hall–Kier alpha value is -1.43. The van der Waals surface area contributed by atoms with Gasteiger partial charge in [0.15, 0.2) is 0 Å². The van der Waals surface area contributed by atoms with Crippen molar-refractivity contribution in [3.05, 3.63) is 39.4 Å². The molecule has 0 aliphatic heterocycles. The molecule has 0 heterocycles. The van der Waals surface area contributed by atoms with Crippen LogP contribution in [0.15, 0.2) is 18.2 Å². The number of hydrogen-bond donors (Lipinski definition) is 1. The minimum Gasteiger partial charge on any atom is -0.352 e. The molecule has 1 N–H and O–H groups in total. The molecule has 1 amide bonds. The molecule has 1 aliphatic rings. The Labute approximate surface area is 126 Å². The highest BCUT2D eigenvalue weighted by Gasteiger charge is 2.23. The largest absolute Gasteiger partial charge is 0.352 e. The number of nitrogens with zero attached hydrogens (tertiary/aromatic N) is 1. The predicted molar refractivity (Wildman–Crippen MR) is 80.2 cm³/mol. The van der Waals surface area contributed by atoms with Crippen LogP contribution in [0.5, 0.6) is 0 Å². The summed E-state index contributed by atoms with van der Waals surface area (Å²) in [5.41, 5.74) is 1.08. The number of benzene rings is 1. The molecule has 2 unspecified atom stereocenters. The average Bonchev–Trinajstić information content (AvgIpc) is 2.82. The van der Waals surface area contributed by atoms with E-state index in [2.05, 4.69) is 21.2 Å². The van der Waals surface area contributed by atoms with Gasteiger partial charge < -0.3 is 5.32 Å². The quantitative estimate of drug-likeness (QED) is 0.519. The summed E-state index contributed by atoms with van der Waals surface area (Å²) in [6, 6.07) is 4.36. The van der Waals surface area contributed by atoms with Gasteiger partial charge in [-0.2, -0.15) is 0 Å². The Bertz CT molecular complexity index is 533. The Morgan fingerprint density at radius 3 is 2.85 bits per heavy atom. The van der Waals surface area contributed by atoms with Crippen LogP contribution in [-0.2, 0) is 0 Å². The van der Waals surface area contributed by atoms with Gasteiger partial charge in [0.25, 0.3) is 11.6 Å². The summed E-state index contributed by atoms with van der Waals surface area (Å²) < 4.78 is 0. The van der Waals surface area contributed by atoms with Crippen molar-refractivity contribution in [2.45, 2.75) is 31.0 Å². The number of hydrogen-bond acceptors (Lipinski definition) is 3. The van der Waals surface area contributed by atoms with Crippen LogP contribution in [0.2, 0.25) is 0 Å². The standard InChI is InChI=1S/C14H17BrN2O3/c1-9-2-5-12(17(19)20)7-13(9)14(18)16-8-10-3-4-11(15)6-10/h2,5,7,10-11H,3-4,6,8H2,1H3,(H,16,18). The highest BCUT2D eigenvalue weighted by molar-refractivity contribution is 9.09. The van der Waals surface area contributed by atoms with Crippen molar-refractivity contribution in [2.75, 3.05) is 6.54 Å². The van der Waals surface area contributed by atoms with Crippen molar-refractivity contribution in [1.82, 2.24) is 5.32 Å². The predicted octanol–water partition coefficient (Wildman–Crippen LogP) is 3.20. The maximum atomic E-state index is 12.1. The third kappa shape index (κ3) is 3.56. The van der Waals surface area contributed by atoms with Gasteiger partial charge in [-0.1, -0.05) is 22.0 Å². The first kappa shape index (κ1) is 15.0. The normalized spacial score (nSPS) is 21.7. The van der Waals surface area contributed by atoms with E-state index in [1.165, 1.54) is 12.1 Å². The van der Waals surface area contributed by atoms with Crippen molar-refractivity contribution in [2.24, 2.45) is 5.92 Å². The second-order valence-corrected chi connectivity index (χ2v) is 6.54. The second-order valence-electron chi connectivity index (χ2n) is 5.24. The fourth-order valence-corrected chi connectivity index (χ4v) is 3.29. The van der Waals surface area contributed by atoms with Gasteiger partial charge >= 0.3 is 0 Å². The van der Waals surface area contributed by atoms with E-state index < -0.39 is 4.92 Å². The zero-order valence-corrected chi connectivity index (χ0v) is 12.9. The average molecular weight is 341 g/mol. The van der Waals surface area contributed by atoms with Crippen LogP contribution in [0.4, 0.5) is 5.69 Å². The number of nitrogens with one attached hydrogen (secondary N) is 1. The van der Waals surface area contributed by atoms with Crippen molar-refractivity contribution >= 4 is 27.5 Å². The highest BCUT2D eigenvalue weighted by Crippen LogP contribution is 2.30. The van der Waals surface area contributed by atoms with Crippen LogP contribution in [0, 0.1) is 23.0 Å². The lowest BCUT2D eigenvalue weighted by Crippen LogP contribution is -2.29. The molecule has 1 aromatic rings. The summed E-state index contributed by atoms with van der Waals surface area (Å²) in [6.07, 6.45) is 3.30. The lowest BCUT2D eigenvalue weighted by Gasteiger charge is -2.12. The number of carbonyl (C=O) groups excluding carboxylic acids is 1. The zero-order valence-electron chi connectivity index (χ0n) is 11.3. The van der Waals surface area contributed by atoms with Gasteiger partial charge in [-0.15, -0.1) is 0 Å². The summed E-state index contributed by atoms with van der Waals surface area (Å²) >= 11 is 3.58. The van der Waals surface area contributed by atoms with Crippen molar-refractivity contribution in [3.8, 4) is 0 Å². The SMILES string of the molecule is Cc1ccc([N+](=O)[O-])cc1C(=O)NCC1CCC(Br)C1. The topological polar surface area (TPSA) is 72.2 Å². The molecule has 1 aromatic carbocycles. The highest BCUT2D eigenvalue weighted by atomic mass is 79.9. The van der Waals surface area contributed by atoms with Gasteiger partial charge in [-0.25, -0.2) is 0 Å². The first-order valence-electron chi connectivity index (χ1n) is 6.64.